The molecule has 6 rings (SSSR count). The van der Waals surface area contributed by atoms with E-state index in [4.69, 9.17) is 20.8 Å². The first-order valence-corrected chi connectivity index (χ1v) is 17.1. The molecule has 0 spiro atoms. The van der Waals surface area contributed by atoms with Crippen LogP contribution in [-0.4, -0.2) is 45.1 Å². The van der Waals surface area contributed by atoms with Gasteiger partial charge < -0.3 is 9.15 Å². The maximum atomic E-state index is 13.7. The molecule has 46 heavy (non-hydrogen) atoms. The first kappa shape index (κ1) is 31.4. The predicted octanol–water partition coefficient (Wildman–Crippen LogP) is 7.97. The molecule has 0 aliphatic carbocycles. The SMILES string of the molecule is CS(=O)(=O)N(Cc1ccccc1)c1cc(C(=O)CN(CCOc2ccc3c(c2)oc2ccccc23)Cc2ccccc2)ccc1Cl. The Bertz CT molecular complexity index is 2080. The lowest BCUT2D eigenvalue weighted by Crippen LogP contribution is -2.33. The summed E-state index contributed by atoms with van der Waals surface area (Å²) in [6.07, 6.45) is 1.13. The second-order valence-electron chi connectivity index (χ2n) is 11.1. The minimum absolute atomic E-state index is 0.0916. The van der Waals surface area contributed by atoms with Crippen molar-refractivity contribution in [2.24, 2.45) is 0 Å². The van der Waals surface area contributed by atoms with Crippen LogP contribution in [0.2, 0.25) is 5.02 Å². The highest BCUT2D eigenvalue weighted by Crippen LogP contribution is 2.32. The van der Waals surface area contributed by atoms with Crippen molar-refractivity contribution in [3.8, 4) is 5.75 Å². The van der Waals surface area contributed by atoms with Gasteiger partial charge in [-0.1, -0.05) is 90.5 Å². The van der Waals surface area contributed by atoms with E-state index in [1.807, 2.05) is 108 Å². The fourth-order valence-corrected chi connectivity index (χ4v) is 6.61. The smallest absolute Gasteiger partial charge is 0.232 e. The number of sulfonamides is 1. The van der Waals surface area contributed by atoms with Crippen molar-refractivity contribution in [3.05, 3.63) is 143 Å². The van der Waals surface area contributed by atoms with E-state index < -0.39 is 10.0 Å². The number of benzene rings is 5. The molecule has 1 heterocycles. The number of fused-ring (bicyclic) bond motifs is 3. The average Bonchev–Trinajstić information content (AvgIpc) is 3.42. The predicted molar refractivity (Wildman–Crippen MR) is 184 cm³/mol. The number of rotatable bonds is 13. The first-order valence-electron chi connectivity index (χ1n) is 14.9. The van der Waals surface area contributed by atoms with Crippen molar-refractivity contribution < 1.29 is 22.4 Å². The van der Waals surface area contributed by atoms with Gasteiger partial charge in [0.1, 0.15) is 23.5 Å². The molecule has 234 valence electrons. The van der Waals surface area contributed by atoms with Gasteiger partial charge in [0, 0.05) is 35.5 Å². The second kappa shape index (κ2) is 13.8. The van der Waals surface area contributed by atoms with Gasteiger partial charge in [-0.25, -0.2) is 8.42 Å². The zero-order valence-electron chi connectivity index (χ0n) is 25.3. The van der Waals surface area contributed by atoms with E-state index in [9.17, 15) is 13.2 Å². The van der Waals surface area contributed by atoms with Crippen LogP contribution in [0.1, 0.15) is 21.5 Å². The van der Waals surface area contributed by atoms with Crippen LogP contribution in [0.5, 0.6) is 5.75 Å². The summed E-state index contributed by atoms with van der Waals surface area (Å²) in [5.74, 6) is 0.518. The molecule has 0 aliphatic heterocycles. The van der Waals surface area contributed by atoms with E-state index in [2.05, 4.69) is 0 Å². The van der Waals surface area contributed by atoms with Gasteiger partial charge in [0.2, 0.25) is 10.0 Å². The Morgan fingerprint density at radius 2 is 1.41 bits per heavy atom. The van der Waals surface area contributed by atoms with E-state index in [-0.39, 0.29) is 29.6 Å². The molecule has 0 unspecified atom stereocenters. The Morgan fingerprint density at radius 1 is 0.761 bits per heavy atom. The summed E-state index contributed by atoms with van der Waals surface area (Å²) in [7, 11) is -3.70. The number of carbonyl (C=O) groups is 1. The van der Waals surface area contributed by atoms with Crippen molar-refractivity contribution in [2.75, 3.05) is 30.3 Å². The number of Topliss-reactive ketones (excluding diaryl/α,β-unsaturated/α-hetero) is 1. The fourth-order valence-electron chi connectivity index (χ4n) is 5.45. The number of anilines is 1. The third-order valence-corrected chi connectivity index (χ3v) is 9.19. The molecule has 0 saturated heterocycles. The van der Waals surface area contributed by atoms with Crippen LogP contribution in [0.25, 0.3) is 21.9 Å². The molecule has 9 heteroatoms. The van der Waals surface area contributed by atoms with Crippen molar-refractivity contribution in [2.45, 2.75) is 13.1 Å². The Morgan fingerprint density at radius 3 is 2.13 bits per heavy atom. The maximum absolute atomic E-state index is 13.7. The molecule has 0 N–H and O–H groups in total. The van der Waals surface area contributed by atoms with E-state index in [1.165, 1.54) is 4.31 Å². The van der Waals surface area contributed by atoms with Crippen molar-refractivity contribution >= 4 is 55.0 Å². The summed E-state index contributed by atoms with van der Waals surface area (Å²) in [4.78, 5) is 15.7. The van der Waals surface area contributed by atoms with Crippen LogP contribution in [0.15, 0.2) is 126 Å². The average molecular weight is 653 g/mol. The standard InChI is InChI=1S/C37H33ClN2O5S/c1-46(42,43)40(25-28-12-6-3-7-13-28)34-22-29(16-19-33(34)38)35(41)26-39(24-27-10-4-2-5-11-27)20-21-44-30-17-18-32-31-14-8-9-15-36(31)45-37(32)23-30/h2-19,22-23H,20-21,24-26H2,1H3. The van der Waals surface area contributed by atoms with Crippen LogP contribution >= 0.6 is 11.6 Å². The number of furan rings is 1. The van der Waals surface area contributed by atoms with E-state index in [0.717, 1.165) is 39.3 Å². The summed E-state index contributed by atoms with van der Waals surface area (Å²) in [6, 6.07) is 37.7. The topological polar surface area (TPSA) is 80.1 Å². The fraction of sp³-hybridized carbons (Fsp3) is 0.162. The second-order valence-corrected chi connectivity index (χ2v) is 13.5. The van der Waals surface area contributed by atoms with Gasteiger partial charge in [-0.3, -0.25) is 14.0 Å². The molecule has 0 bridgehead atoms. The minimum Gasteiger partial charge on any atom is -0.492 e. The Kier molecular flexibility index (Phi) is 9.40. The van der Waals surface area contributed by atoms with Crippen LogP contribution in [-0.2, 0) is 23.1 Å². The van der Waals surface area contributed by atoms with Crippen molar-refractivity contribution in [1.82, 2.24) is 4.90 Å². The summed E-state index contributed by atoms with van der Waals surface area (Å²) >= 11 is 6.52. The normalized spacial score (nSPS) is 11.7. The minimum atomic E-state index is -3.70. The quantitative estimate of drug-likeness (QED) is 0.118. The van der Waals surface area contributed by atoms with Gasteiger partial charge >= 0.3 is 0 Å². The molecule has 0 amide bonds. The van der Waals surface area contributed by atoms with Gasteiger partial charge in [0.05, 0.1) is 30.1 Å². The summed E-state index contributed by atoms with van der Waals surface area (Å²) in [5, 5.41) is 2.33. The monoisotopic (exact) mass is 652 g/mol. The van der Waals surface area contributed by atoms with Gasteiger partial charge in [-0.05, 0) is 47.5 Å². The molecule has 5 aromatic carbocycles. The van der Waals surface area contributed by atoms with Gasteiger partial charge in [-0.2, -0.15) is 0 Å². The molecular weight excluding hydrogens is 620 g/mol. The molecule has 0 fully saturated rings. The first-order chi connectivity index (χ1) is 22.2. The lowest BCUT2D eigenvalue weighted by atomic mass is 10.1. The highest BCUT2D eigenvalue weighted by Gasteiger charge is 2.23. The Hall–Kier alpha value is -4.63. The summed E-state index contributed by atoms with van der Waals surface area (Å²) < 4.78 is 39.1. The lowest BCUT2D eigenvalue weighted by molar-refractivity contribution is 0.0912. The number of ketones is 1. The van der Waals surface area contributed by atoms with Crippen LogP contribution < -0.4 is 9.04 Å². The number of carbonyl (C=O) groups excluding carboxylic acids is 1. The zero-order valence-corrected chi connectivity index (χ0v) is 26.9. The van der Waals surface area contributed by atoms with Crippen LogP contribution in [0, 0.1) is 0 Å². The molecule has 1 aromatic heterocycles. The molecule has 7 nitrogen and oxygen atoms in total. The number of para-hydroxylation sites is 1. The van der Waals surface area contributed by atoms with Gasteiger partial charge in [-0.15, -0.1) is 0 Å². The van der Waals surface area contributed by atoms with Crippen LogP contribution in [0.3, 0.4) is 0 Å². The Balaban J connectivity index is 1.19. The largest absolute Gasteiger partial charge is 0.492 e. The molecule has 6 aromatic rings. The molecule has 0 radical (unpaired) electrons. The van der Waals surface area contributed by atoms with Crippen molar-refractivity contribution in [3.63, 3.8) is 0 Å². The number of nitrogens with zero attached hydrogens (tertiary/aromatic N) is 2. The maximum Gasteiger partial charge on any atom is 0.232 e. The number of hydrogen-bond donors (Lipinski definition) is 0. The highest BCUT2D eigenvalue weighted by molar-refractivity contribution is 7.92. The molecule has 0 atom stereocenters. The molecule has 0 saturated carbocycles. The lowest BCUT2D eigenvalue weighted by Gasteiger charge is -2.25. The van der Waals surface area contributed by atoms with Crippen molar-refractivity contribution in [1.29, 1.82) is 0 Å². The molecular formula is C37H33ClN2O5S. The number of halogens is 1. The summed E-state index contributed by atoms with van der Waals surface area (Å²) in [5.41, 5.74) is 4.07. The van der Waals surface area contributed by atoms with E-state index in [0.29, 0.717) is 31.0 Å². The van der Waals surface area contributed by atoms with Gasteiger partial charge in [0.15, 0.2) is 5.78 Å². The third-order valence-electron chi connectivity index (χ3n) is 7.75. The number of hydrogen-bond acceptors (Lipinski definition) is 6. The Labute approximate surface area is 273 Å². The van der Waals surface area contributed by atoms with Gasteiger partial charge in [0.25, 0.3) is 0 Å². The van der Waals surface area contributed by atoms with E-state index >= 15 is 0 Å². The van der Waals surface area contributed by atoms with Crippen LogP contribution in [0.4, 0.5) is 5.69 Å². The highest BCUT2D eigenvalue weighted by atomic mass is 35.5. The third kappa shape index (κ3) is 7.42. The molecule has 0 aliphatic rings. The zero-order chi connectivity index (χ0) is 32.1. The summed E-state index contributed by atoms with van der Waals surface area (Å²) in [6.45, 7) is 1.54. The number of ether oxygens (including phenoxy) is 1. The van der Waals surface area contributed by atoms with E-state index in [1.54, 1.807) is 18.2 Å².